The average Bonchev–Trinajstić information content (AvgIpc) is 3.52. The Morgan fingerprint density at radius 3 is 2.83 bits per heavy atom. The van der Waals surface area contributed by atoms with E-state index >= 15 is 0 Å². The number of ether oxygens (including phenoxy) is 1. The van der Waals surface area contributed by atoms with Gasteiger partial charge in [0, 0.05) is 40.5 Å². The first-order chi connectivity index (χ1) is 20.4. The predicted octanol–water partition coefficient (Wildman–Crippen LogP) is 4.94. The molecule has 3 N–H and O–H groups in total. The highest BCUT2D eigenvalue weighted by atomic mass is 35.5. The van der Waals surface area contributed by atoms with Gasteiger partial charge in [0.2, 0.25) is 11.8 Å². The van der Waals surface area contributed by atoms with Gasteiger partial charge in [-0.3, -0.25) is 19.9 Å². The number of nitrogens with one attached hydrogen (secondary N) is 3. The number of anilines is 2. The smallest absolute Gasteiger partial charge is 0.411 e. The van der Waals surface area contributed by atoms with Crippen LogP contribution in [0.5, 0.6) is 0 Å². The first-order valence-electron chi connectivity index (χ1n) is 13.2. The molecule has 3 amide bonds. The SMILES string of the molecule is COC(=O)Nc1ccc2c(c1)NC(=O)CCCCC(NC(=O)/C=C/c1cc(Cl)ccc1-n1cnnn1)c1cc-2ccn1. The van der Waals surface area contributed by atoms with E-state index in [1.807, 2.05) is 12.1 Å². The van der Waals surface area contributed by atoms with Crippen LogP contribution in [-0.4, -0.2) is 50.2 Å². The van der Waals surface area contributed by atoms with Gasteiger partial charge < -0.3 is 15.4 Å². The van der Waals surface area contributed by atoms with Gasteiger partial charge >= 0.3 is 6.09 Å². The van der Waals surface area contributed by atoms with Crippen LogP contribution >= 0.6 is 11.6 Å². The Morgan fingerprint density at radius 2 is 2.02 bits per heavy atom. The zero-order valence-electron chi connectivity index (χ0n) is 22.6. The summed E-state index contributed by atoms with van der Waals surface area (Å²) in [6.45, 7) is 0. The summed E-state index contributed by atoms with van der Waals surface area (Å²) in [4.78, 5) is 42.2. The van der Waals surface area contributed by atoms with E-state index in [0.29, 0.717) is 59.0 Å². The molecule has 0 aliphatic carbocycles. The van der Waals surface area contributed by atoms with E-state index in [4.69, 9.17) is 11.6 Å². The molecule has 0 radical (unpaired) electrons. The van der Waals surface area contributed by atoms with Gasteiger partial charge in [-0.25, -0.2) is 4.79 Å². The van der Waals surface area contributed by atoms with E-state index in [-0.39, 0.29) is 11.8 Å². The lowest BCUT2D eigenvalue weighted by atomic mass is 9.98. The number of carbonyl (C=O) groups is 3. The van der Waals surface area contributed by atoms with Crippen LogP contribution in [0.4, 0.5) is 16.2 Å². The molecule has 3 heterocycles. The molecule has 214 valence electrons. The molecular formula is C29H27ClN8O4. The number of carbonyl (C=O) groups excluding carboxylic acids is 3. The highest BCUT2D eigenvalue weighted by Gasteiger charge is 2.19. The second-order valence-electron chi connectivity index (χ2n) is 9.49. The number of hydrogen-bond acceptors (Lipinski definition) is 8. The molecule has 5 rings (SSSR count). The summed E-state index contributed by atoms with van der Waals surface area (Å²) in [6.07, 6.45) is 7.77. The first-order valence-corrected chi connectivity index (χ1v) is 13.5. The lowest BCUT2D eigenvalue weighted by Gasteiger charge is -2.20. The van der Waals surface area contributed by atoms with Gasteiger partial charge in [0.1, 0.15) is 6.33 Å². The summed E-state index contributed by atoms with van der Waals surface area (Å²) in [7, 11) is 1.28. The maximum Gasteiger partial charge on any atom is 0.411 e. The van der Waals surface area contributed by atoms with Crippen LogP contribution in [0, 0.1) is 0 Å². The first kappa shape index (κ1) is 28.4. The van der Waals surface area contributed by atoms with Crippen molar-refractivity contribution >= 4 is 47.0 Å². The molecule has 1 aliphatic rings. The van der Waals surface area contributed by atoms with Gasteiger partial charge in [0.15, 0.2) is 0 Å². The van der Waals surface area contributed by atoms with Crippen LogP contribution in [0.25, 0.3) is 22.9 Å². The number of fused-ring (bicyclic) bond motifs is 4. The number of rotatable bonds is 5. The monoisotopic (exact) mass is 586 g/mol. The third-order valence-corrected chi connectivity index (χ3v) is 6.87. The number of amides is 3. The highest BCUT2D eigenvalue weighted by Crippen LogP contribution is 2.33. The minimum Gasteiger partial charge on any atom is -0.453 e. The fourth-order valence-corrected chi connectivity index (χ4v) is 4.80. The fraction of sp³-hybridized carbons (Fsp3) is 0.207. The Bertz CT molecular complexity index is 1640. The van der Waals surface area contributed by atoms with E-state index in [1.54, 1.807) is 48.7 Å². The molecular weight excluding hydrogens is 560 g/mol. The van der Waals surface area contributed by atoms with E-state index in [1.165, 1.54) is 24.2 Å². The molecule has 42 heavy (non-hydrogen) atoms. The molecule has 0 fully saturated rings. The summed E-state index contributed by atoms with van der Waals surface area (Å²) < 4.78 is 6.17. The van der Waals surface area contributed by atoms with Gasteiger partial charge in [-0.15, -0.1) is 5.10 Å². The molecule has 1 atom stereocenters. The molecule has 0 saturated carbocycles. The maximum absolute atomic E-state index is 13.1. The molecule has 12 nitrogen and oxygen atoms in total. The number of hydrogen-bond donors (Lipinski definition) is 3. The average molecular weight is 587 g/mol. The van der Waals surface area contributed by atoms with Gasteiger partial charge in [0.25, 0.3) is 0 Å². The fourth-order valence-electron chi connectivity index (χ4n) is 4.62. The third-order valence-electron chi connectivity index (χ3n) is 6.64. The summed E-state index contributed by atoms with van der Waals surface area (Å²) in [6, 6.07) is 13.7. The molecule has 1 aliphatic heterocycles. The van der Waals surface area contributed by atoms with Crippen molar-refractivity contribution in [3.8, 4) is 16.8 Å². The number of methoxy groups -OCH3 is 1. The second kappa shape index (κ2) is 13.0. The highest BCUT2D eigenvalue weighted by molar-refractivity contribution is 6.30. The van der Waals surface area contributed by atoms with E-state index < -0.39 is 12.1 Å². The molecule has 0 saturated heterocycles. The topological polar surface area (TPSA) is 153 Å². The van der Waals surface area contributed by atoms with Crippen molar-refractivity contribution in [1.29, 1.82) is 0 Å². The van der Waals surface area contributed by atoms with Gasteiger partial charge in [0.05, 0.1) is 30.2 Å². The van der Waals surface area contributed by atoms with Crippen molar-refractivity contribution in [1.82, 2.24) is 30.5 Å². The number of nitrogens with zero attached hydrogens (tertiary/aromatic N) is 5. The standard InChI is InChI=1S/C29H27ClN8O4/c1-42-29(41)33-21-8-9-22-18-12-13-31-25(15-18)23(4-2-3-5-27(39)35-24(22)16-21)34-28(40)11-6-19-14-20(30)7-10-26(19)38-17-32-36-37-38/h6-17,23H,2-5H2,1H3,(H,33,41)(H,34,40)(H,35,39)/b11-6+. The minimum atomic E-state index is -0.616. The van der Waals surface area contributed by atoms with E-state index in [2.05, 4.69) is 41.2 Å². The molecule has 0 spiro atoms. The third kappa shape index (κ3) is 6.96. The van der Waals surface area contributed by atoms with Crippen molar-refractivity contribution in [2.75, 3.05) is 17.7 Å². The second-order valence-corrected chi connectivity index (χ2v) is 9.93. The Hall–Kier alpha value is -5.10. The number of halogens is 1. The predicted molar refractivity (Wildman–Crippen MR) is 157 cm³/mol. The summed E-state index contributed by atoms with van der Waals surface area (Å²) >= 11 is 6.20. The van der Waals surface area contributed by atoms with Gasteiger partial charge in [-0.2, -0.15) is 4.68 Å². The molecule has 2 aromatic carbocycles. The van der Waals surface area contributed by atoms with Crippen molar-refractivity contribution < 1.29 is 19.1 Å². The van der Waals surface area contributed by atoms with Crippen molar-refractivity contribution in [3.63, 3.8) is 0 Å². The number of benzene rings is 2. The maximum atomic E-state index is 13.1. The van der Waals surface area contributed by atoms with Crippen molar-refractivity contribution in [2.45, 2.75) is 31.7 Å². The zero-order valence-corrected chi connectivity index (χ0v) is 23.3. The van der Waals surface area contributed by atoms with Crippen LogP contribution < -0.4 is 16.0 Å². The van der Waals surface area contributed by atoms with Crippen LogP contribution in [0.1, 0.15) is 43.0 Å². The summed E-state index contributed by atoms with van der Waals surface area (Å²) in [5.74, 6) is -0.469. The Labute approximate surface area is 246 Å². The van der Waals surface area contributed by atoms with Crippen LogP contribution in [-0.2, 0) is 14.3 Å². The quantitative estimate of drug-likeness (QED) is 0.278. The van der Waals surface area contributed by atoms with Crippen LogP contribution in [0.15, 0.2) is 67.1 Å². The lowest BCUT2D eigenvalue weighted by molar-refractivity contribution is -0.118. The number of aromatic nitrogens is 5. The zero-order chi connectivity index (χ0) is 29.5. The largest absolute Gasteiger partial charge is 0.453 e. The minimum absolute atomic E-state index is 0.148. The van der Waals surface area contributed by atoms with E-state index in [0.717, 1.165) is 11.1 Å². The number of tetrazole rings is 1. The van der Waals surface area contributed by atoms with Crippen LogP contribution in [0.3, 0.4) is 0 Å². The molecule has 4 aromatic rings. The van der Waals surface area contributed by atoms with Gasteiger partial charge in [-0.05, 0) is 77.4 Å². The Morgan fingerprint density at radius 1 is 1.14 bits per heavy atom. The molecule has 2 aromatic heterocycles. The van der Waals surface area contributed by atoms with Crippen molar-refractivity contribution in [3.05, 3.63) is 83.4 Å². The Kier molecular flexibility index (Phi) is 8.83. The molecule has 1 unspecified atom stereocenters. The number of pyridine rings is 1. The van der Waals surface area contributed by atoms with Crippen LogP contribution in [0.2, 0.25) is 5.02 Å². The molecule has 13 heteroatoms. The summed E-state index contributed by atoms with van der Waals surface area (Å²) in [5.41, 5.74) is 4.55. The Balaban J connectivity index is 1.41. The normalized spacial score (nSPS) is 15.1. The lowest BCUT2D eigenvalue weighted by Crippen LogP contribution is -2.27. The summed E-state index contributed by atoms with van der Waals surface area (Å²) in [5, 5.41) is 20.4. The van der Waals surface area contributed by atoms with E-state index in [9.17, 15) is 14.4 Å². The van der Waals surface area contributed by atoms with Gasteiger partial charge in [-0.1, -0.05) is 24.1 Å². The van der Waals surface area contributed by atoms with Crippen molar-refractivity contribution in [2.24, 2.45) is 0 Å². The molecule has 2 bridgehead atoms.